The Morgan fingerprint density at radius 2 is 1.48 bits per heavy atom. The predicted molar refractivity (Wildman–Crippen MR) is 63.5 cm³/mol. The Labute approximate surface area is 114 Å². The molecule has 0 saturated heterocycles. The number of aromatic nitrogens is 1. The van der Waals surface area contributed by atoms with Crippen LogP contribution >= 0.6 is 0 Å². The topological polar surface area (TPSA) is 38.1 Å². The van der Waals surface area contributed by atoms with E-state index in [1.807, 2.05) is 0 Å². The van der Waals surface area contributed by atoms with Crippen LogP contribution in [-0.2, 0) is 0 Å². The summed E-state index contributed by atoms with van der Waals surface area (Å²) in [7, 11) is 0. The van der Waals surface area contributed by atoms with Crippen molar-refractivity contribution in [2.24, 2.45) is 0 Å². The SMILES string of the molecule is Fc1ccc(Nc2nc3ccc(F)c(F)c3o2)c(F)c1F. The van der Waals surface area contributed by atoms with Gasteiger partial charge in [-0.2, -0.15) is 9.37 Å². The maximum absolute atomic E-state index is 13.5. The number of fused-ring (bicyclic) bond motifs is 1. The molecule has 3 rings (SSSR count). The van der Waals surface area contributed by atoms with Crippen molar-refractivity contribution in [3.8, 4) is 0 Å². The van der Waals surface area contributed by atoms with Crippen LogP contribution in [0.15, 0.2) is 28.7 Å². The summed E-state index contributed by atoms with van der Waals surface area (Å²) < 4.78 is 70.6. The second-order valence-corrected chi connectivity index (χ2v) is 4.08. The zero-order valence-electron chi connectivity index (χ0n) is 10.1. The van der Waals surface area contributed by atoms with Crippen molar-refractivity contribution in [3.05, 3.63) is 53.4 Å². The highest BCUT2D eigenvalue weighted by Gasteiger charge is 2.17. The fraction of sp³-hybridized carbons (Fsp3) is 0. The van der Waals surface area contributed by atoms with Crippen LogP contribution in [0, 0.1) is 29.1 Å². The molecule has 108 valence electrons. The Morgan fingerprint density at radius 1 is 0.810 bits per heavy atom. The number of benzene rings is 2. The third-order valence-electron chi connectivity index (χ3n) is 2.73. The summed E-state index contributed by atoms with van der Waals surface area (Å²) in [5.74, 6) is -6.90. The van der Waals surface area contributed by atoms with Crippen molar-refractivity contribution < 1.29 is 26.4 Å². The maximum atomic E-state index is 13.5. The van der Waals surface area contributed by atoms with Crippen molar-refractivity contribution in [3.63, 3.8) is 0 Å². The molecule has 0 atom stereocenters. The van der Waals surface area contributed by atoms with E-state index in [9.17, 15) is 22.0 Å². The van der Waals surface area contributed by atoms with Gasteiger partial charge in [-0.1, -0.05) is 0 Å². The molecule has 0 radical (unpaired) electrons. The van der Waals surface area contributed by atoms with Crippen LogP contribution in [0.5, 0.6) is 0 Å². The summed E-state index contributed by atoms with van der Waals surface area (Å²) in [4.78, 5) is 3.74. The molecule has 21 heavy (non-hydrogen) atoms. The van der Waals surface area contributed by atoms with Crippen LogP contribution in [0.4, 0.5) is 33.7 Å². The van der Waals surface area contributed by atoms with Crippen LogP contribution in [0.3, 0.4) is 0 Å². The first-order valence-electron chi connectivity index (χ1n) is 5.62. The molecule has 8 heteroatoms. The lowest BCUT2D eigenvalue weighted by atomic mass is 10.3. The van der Waals surface area contributed by atoms with E-state index in [1.54, 1.807) is 0 Å². The van der Waals surface area contributed by atoms with Crippen molar-refractivity contribution in [2.45, 2.75) is 0 Å². The van der Waals surface area contributed by atoms with Crippen LogP contribution in [0.1, 0.15) is 0 Å². The molecule has 2 aromatic carbocycles. The zero-order valence-corrected chi connectivity index (χ0v) is 10.1. The van der Waals surface area contributed by atoms with E-state index in [-0.39, 0.29) is 11.5 Å². The number of halogens is 5. The quantitative estimate of drug-likeness (QED) is 0.567. The third kappa shape index (κ3) is 2.18. The minimum Gasteiger partial charge on any atom is -0.420 e. The highest BCUT2D eigenvalue weighted by molar-refractivity contribution is 5.76. The number of hydrogen-bond acceptors (Lipinski definition) is 3. The summed E-state index contributed by atoms with van der Waals surface area (Å²) in [6.07, 6.45) is 0. The number of nitrogens with one attached hydrogen (secondary N) is 1. The number of oxazole rings is 1. The number of anilines is 2. The summed E-state index contributed by atoms with van der Waals surface area (Å²) in [6, 6.07) is 3.23. The molecule has 0 unspecified atom stereocenters. The first-order valence-corrected chi connectivity index (χ1v) is 5.62. The fourth-order valence-corrected chi connectivity index (χ4v) is 1.73. The van der Waals surface area contributed by atoms with Crippen molar-refractivity contribution in [1.82, 2.24) is 4.98 Å². The lowest BCUT2D eigenvalue weighted by Crippen LogP contribution is -1.98. The lowest BCUT2D eigenvalue weighted by molar-refractivity contribution is 0.449. The predicted octanol–water partition coefficient (Wildman–Crippen LogP) is 4.27. The molecular formula is C13H5F5N2O. The van der Waals surface area contributed by atoms with Crippen LogP contribution in [0.2, 0.25) is 0 Å². The Kier molecular flexibility index (Phi) is 3.00. The first-order chi connectivity index (χ1) is 9.97. The minimum absolute atomic E-state index is 0.0145. The van der Waals surface area contributed by atoms with Gasteiger partial charge in [0, 0.05) is 0 Å². The molecule has 1 N–H and O–H groups in total. The van der Waals surface area contributed by atoms with Crippen molar-refractivity contribution >= 4 is 22.8 Å². The Balaban J connectivity index is 2.03. The van der Waals surface area contributed by atoms with Gasteiger partial charge in [0.2, 0.25) is 5.82 Å². The summed E-state index contributed by atoms with van der Waals surface area (Å²) in [5.41, 5.74) is -0.943. The minimum atomic E-state index is -1.67. The summed E-state index contributed by atoms with van der Waals surface area (Å²) in [6.45, 7) is 0. The van der Waals surface area contributed by atoms with E-state index in [4.69, 9.17) is 4.42 Å². The molecule has 0 spiro atoms. The third-order valence-corrected chi connectivity index (χ3v) is 2.73. The molecule has 0 aliphatic carbocycles. The normalized spacial score (nSPS) is 11.1. The molecule has 0 fully saturated rings. The largest absolute Gasteiger partial charge is 0.420 e. The lowest BCUT2D eigenvalue weighted by Gasteiger charge is -2.04. The zero-order chi connectivity index (χ0) is 15.1. The molecule has 0 aliphatic rings. The van der Waals surface area contributed by atoms with Gasteiger partial charge in [0.15, 0.2) is 28.9 Å². The van der Waals surface area contributed by atoms with Crippen LogP contribution in [0.25, 0.3) is 11.1 Å². The first kappa shape index (κ1) is 13.3. The van der Waals surface area contributed by atoms with Gasteiger partial charge in [0.25, 0.3) is 6.01 Å². The maximum Gasteiger partial charge on any atom is 0.300 e. The molecule has 0 amide bonds. The van der Waals surface area contributed by atoms with Gasteiger partial charge in [-0.25, -0.2) is 17.6 Å². The van der Waals surface area contributed by atoms with E-state index in [0.29, 0.717) is 6.07 Å². The Morgan fingerprint density at radius 3 is 2.24 bits per heavy atom. The monoisotopic (exact) mass is 300 g/mol. The van der Waals surface area contributed by atoms with E-state index in [0.717, 1.165) is 18.2 Å². The van der Waals surface area contributed by atoms with Crippen molar-refractivity contribution in [1.29, 1.82) is 0 Å². The van der Waals surface area contributed by atoms with Crippen LogP contribution < -0.4 is 5.32 Å². The molecule has 0 saturated carbocycles. The standard InChI is InChI=1S/C13H5F5N2O/c14-5-1-3-7(11(18)9(5)16)19-13-20-8-4-2-6(15)10(17)12(8)21-13/h1-4H,(H,19,20). The van der Waals surface area contributed by atoms with Crippen LogP contribution in [-0.4, -0.2) is 4.98 Å². The Bertz CT molecular complexity index is 846. The smallest absolute Gasteiger partial charge is 0.300 e. The van der Waals surface area contributed by atoms with Crippen molar-refractivity contribution in [2.75, 3.05) is 5.32 Å². The van der Waals surface area contributed by atoms with E-state index >= 15 is 0 Å². The number of hydrogen-bond donors (Lipinski definition) is 1. The van der Waals surface area contributed by atoms with Gasteiger partial charge >= 0.3 is 0 Å². The summed E-state index contributed by atoms with van der Waals surface area (Å²) in [5, 5.41) is 2.23. The van der Waals surface area contributed by atoms with E-state index in [2.05, 4.69) is 10.3 Å². The highest BCUT2D eigenvalue weighted by atomic mass is 19.2. The van der Waals surface area contributed by atoms with E-state index < -0.39 is 40.4 Å². The molecule has 0 aliphatic heterocycles. The van der Waals surface area contributed by atoms with Gasteiger partial charge < -0.3 is 9.73 Å². The van der Waals surface area contributed by atoms with E-state index in [1.165, 1.54) is 0 Å². The molecule has 3 aromatic rings. The van der Waals surface area contributed by atoms with Gasteiger partial charge in [-0.05, 0) is 24.3 Å². The molecule has 1 heterocycles. The average molecular weight is 300 g/mol. The number of nitrogens with zero attached hydrogens (tertiary/aromatic N) is 1. The second-order valence-electron chi connectivity index (χ2n) is 4.08. The molecule has 1 aromatic heterocycles. The van der Waals surface area contributed by atoms with Gasteiger partial charge in [0.05, 0.1) is 5.69 Å². The molecule has 0 bridgehead atoms. The summed E-state index contributed by atoms with van der Waals surface area (Å²) >= 11 is 0. The highest BCUT2D eigenvalue weighted by Crippen LogP contribution is 2.27. The second kappa shape index (κ2) is 4.72. The molecular weight excluding hydrogens is 295 g/mol. The van der Waals surface area contributed by atoms with Gasteiger partial charge in [-0.3, -0.25) is 0 Å². The number of rotatable bonds is 2. The fourth-order valence-electron chi connectivity index (χ4n) is 1.73. The van der Waals surface area contributed by atoms with Gasteiger partial charge in [-0.15, -0.1) is 0 Å². The molecule has 3 nitrogen and oxygen atoms in total. The van der Waals surface area contributed by atoms with Gasteiger partial charge in [0.1, 0.15) is 5.52 Å². The Hall–Kier alpha value is -2.64. The average Bonchev–Trinajstić information content (AvgIpc) is 2.87.